The Labute approximate surface area is 119 Å². The van der Waals surface area contributed by atoms with E-state index >= 15 is 0 Å². The van der Waals surface area contributed by atoms with Crippen molar-refractivity contribution in [2.45, 2.75) is 57.9 Å². The molecule has 1 atom stereocenters. The smallest absolute Gasteiger partial charge is 0.0622 e. The molecule has 3 nitrogen and oxygen atoms in total. The Morgan fingerprint density at radius 3 is 2.53 bits per heavy atom. The molecule has 19 heavy (non-hydrogen) atoms. The van der Waals surface area contributed by atoms with Crippen molar-refractivity contribution in [1.82, 2.24) is 10.2 Å². The molecule has 1 saturated carbocycles. The Hall–Kier alpha value is -0.120. The van der Waals surface area contributed by atoms with Gasteiger partial charge in [0.1, 0.15) is 0 Å². The molecular weight excluding hydrogens is 236 g/mol. The zero-order valence-corrected chi connectivity index (χ0v) is 12.9. The molecule has 0 bridgehead atoms. The van der Waals surface area contributed by atoms with Crippen LogP contribution in [0.3, 0.4) is 0 Å². The molecule has 0 radical (unpaired) electrons. The van der Waals surface area contributed by atoms with Gasteiger partial charge in [-0.2, -0.15) is 0 Å². The minimum Gasteiger partial charge on any atom is -0.380 e. The van der Waals surface area contributed by atoms with Crippen LogP contribution in [0.5, 0.6) is 0 Å². The SMILES string of the molecule is CCNCC1(CN(C)C2CCOC2)CCCCCC1. The summed E-state index contributed by atoms with van der Waals surface area (Å²) in [6.45, 7) is 7.65. The highest BCUT2D eigenvalue weighted by atomic mass is 16.5. The normalized spacial score (nSPS) is 27.6. The molecule has 2 fully saturated rings. The quantitative estimate of drug-likeness (QED) is 0.750. The number of nitrogens with one attached hydrogen (secondary N) is 1. The lowest BCUT2D eigenvalue weighted by Gasteiger charge is -2.38. The van der Waals surface area contributed by atoms with Crippen molar-refractivity contribution in [3.05, 3.63) is 0 Å². The average Bonchev–Trinajstić information content (AvgIpc) is 2.86. The summed E-state index contributed by atoms with van der Waals surface area (Å²) < 4.78 is 5.55. The molecule has 2 rings (SSSR count). The largest absolute Gasteiger partial charge is 0.380 e. The molecule has 0 aromatic carbocycles. The third kappa shape index (κ3) is 4.44. The molecular formula is C16H32N2O. The lowest BCUT2D eigenvalue weighted by Crippen LogP contribution is -2.46. The monoisotopic (exact) mass is 268 g/mol. The van der Waals surface area contributed by atoms with Crippen LogP contribution in [0.25, 0.3) is 0 Å². The predicted octanol–water partition coefficient (Wildman–Crippen LogP) is 2.66. The van der Waals surface area contributed by atoms with Crippen LogP contribution in [-0.4, -0.2) is 50.8 Å². The number of likely N-dealkylation sites (N-methyl/N-ethyl adjacent to an activating group) is 1. The van der Waals surface area contributed by atoms with Crippen LogP contribution >= 0.6 is 0 Å². The maximum Gasteiger partial charge on any atom is 0.0622 e. The summed E-state index contributed by atoms with van der Waals surface area (Å²) in [6, 6.07) is 0.654. The van der Waals surface area contributed by atoms with E-state index in [4.69, 9.17) is 4.74 Å². The van der Waals surface area contributed by atoms with E-state index in [0.717, 1.165) is 19.8 Å². The van der Waals surface area contributed by atoms with E-state index in [1.807, 2.05) is 0 Å². The Kier molecular flexibility index (Phi) is 6.11. The molecule has 1 N–H and O–H groups in total. The number of hydrogen-bond donors (Lipinski definition) is 1. The third-order valence-electron chi connectivity index (χ3n) is 5.03. The maximum atomic E-state index is 5.55. The maximum absolute atomic E-state index is 5.55. The first-order chi connectivity index (χ1) is 9.26. The van der Waals surface area contributed by atoms with Gasteiger partial charge in [0.2, 0.25) is 0 Å². The van der Waals surface area contributed by atoms with Crippen molar-refractivity contribution in [2.24, 2.45) is 5.41 Å². The second kappa shape index (κ2) is 7.61. The number of ether oxygens (including phenoxy) is 1. The van der Waals surface area contributed by atoms with E-state index in [9.17, 15) is 0 Å². The first-order valence-electron chi connectivity index (χ1n) is 8.24. The lowest BCUT2D eigenvalue weighted by atomic mass is 9.79. The summed E-state index contributed by atoms with van der Waals surface area (Å²) in [4.78, 5) is 2.58. The minimum atomic E-state index is 0.504. The van der Waals surface area contributed by atoms with Crippen LogP contribution in [0, 0.1) is 5.41 Å². The second-order valence-corrected chi connectivity index (χ2v) is 6.63. The molecule has 1 aliphatic heterocycles. The molecule has 0 spiro atoms. The van der Waals surface area contributed by atoms with E-state index < -0.39 is 0 Å². The fourth-order valence-corrected chi connectivity index (χ4v) is 3.79. The molecule has 1 unspecified atom stereocenters. The van der Waals surface area contributed by atoms with Crippen molar-refractivity contribution in [1.29, 1.82) is 0 Å². The highest BCUT2D eigenvalue weighted by Crippen LogP contribution is 2.36. The second-order valence-electron chi connectivity index (χ2n) is 6.63. The minimum absolute atomic E-state index is 0.504. The van der Waals surface area contributed by atoms with Crippen LogP contribution < -0.4 is 5.32 Å². The molecule has 1 heterocycles. The van der Waals surface area contributed by atoms with Crippen LogP contribution in [0.15, 0.2) is 0 Å². The molecule has 1 aliphatic carbocycles. The van der Waals surface area contributed by atoms with Gasteiger partial charge in [-0.25, -0.2) is 0 Å². The van der Waals surface area contributed by atoms with Gasteiger partial charge in [0.05, 0.1) is 6.61 Å². The van der Waals surface area contributed by atoms with Crippen LogP contribution in [-0.2, 0) is 4.74 Å². The number of hydrogen-bond acceptors (Lipinski definition) is 3. The Bertz CT molecular complexity index is 243. The van der Waals surface area contributed by atoms with Gasteiger partial charge < -0.3 is 15.0 Å². The van der Waals surface area contributed by atoms with Gasteiger partial charge in [0.15, 0.2) is 0 Å². The molecule has 112 valence electrons. The summed E-state index contributed by atoms with van der Waals surface area (Å²) in [5, 5.41) is 3.62. The molecule has 2 aliphatic rings. The van der Waals surface area contributed by atoms with E-state index in [-0.39, 0.29) is 0 Å². The number of nitrogens with zero attached hydrogens (tertiary/aromatic N) is 1. The molecule has 0 amide bonds. The zero-order chi connectivity index (χ0) is 13.6. The summed E-state index contributed by atoms with van der Waals surface area (Å²) in [5.41, 5.74) is 0.504. The van der Waals surface area contributed by atoms with Gasteiger partial charge in [-0.15, -0.1) is 0 Å². The van der Waals surface area contributed by atoms with Crippen molar-refractivity contribution >= 4 is 0 Å². The van der Waals surface area contributed by atoms with Crippen molar-refractivity contribution in [2.75, 3.05) is 39.9 Å². The predicted molar refractivity (Wildman–Crippen MR) is 80.5 cm³/mol. The van der Waals surface area contributed by atoms with E-state index in [2.05, 4.69) is 24.2 Å². The Balaban J connectivity index is 1.94. The van der Waals surface area contributed by atoms with Gasteiger partial charge in [-0.3, -0.25) is 0 Å². The highest BCUT2D eigenvalue weighted by Gasteiger charge is 2.34. The van der Waals surface area contributed by atoms with Crippen LogP contribution in [0.2, 0.25) is 0 Å². The Morgan fingerprint density at radius 1 is 1.21 bits per heavy atom. The highest BCUT2D eigenvalue weighted by molar-refractivity contribution is 4.88. The number of rotatable bonds is 6. The summed E-state index contributed by atoms with van der Waals surface area (Å²) in [5.74, 6) is 0. The molecule has 3 heteroatoms. The fraction of sp³-hybridized carbons (Fsp3) is 1.00. The summed E-state index contributed by atoms with van der Waals surface area (Å²) in [6.07, 6.45) is 9.72. The molecule has 0 aromatic rings. The van der Waals surface area contributed by atoms with Gasteiger partial charge >= 0.3 is 0 Å². The average molecular weight is 268 g/mol. The van der Waals surface area contributed by atoms with Gasteiger partial charge in [0.25, 0.3) is 0 Å². The van der Waals surface area contributed by atoms with Crippen LogP contribution in [0.1, 0.15) is 51.9 Å². The first kappa shape index (κ1) is 15.3. The zero-order valence-electron chi connectivity index (χ0n) is 12.9. The lowest BCUT2D eigenvalue weighted by molar-refractivity contribution is 0.102. The standard InChI is InChI=1S/C16H32N2O/c1-3-17-13-16(9-6-4-5-7-10-16)14-18(2)15-8-11-19-12-15/h15,17H,3-14H2,1-2H3. The van der Waals surface area contributed by atoms with Crippen molar-refractivity contribution in [3.8, 4) is 0 Å². The van der Waals surface area contributed by atoms with E-state index in [1.54, 1.807) is 0 Å². The van der Waals surface area contributed by atoms with Gasteiger partial charge in [-0.1, -0.05) is 32.6 Å². The van der Waals surface area contributed by atoms with Gasteiger partial charge in [0, 0.05) is 25.7 Å². The Morgan fingerprint density at radius 2 is 1.95 bits per heavy atom. The van der Waals surface area contributed by atoms with E-state index in [1.165, 1.54) is 58.0 Å². The topological polar surface area (TPSA) is 24.5 Å². The summed E-state index contributed by atoms with van der Waals surface area (Å²) in [7, 11) is 2.30. The third-order valence-corrected chi connectivity index (χ3v) is 5.03. The summed E-state index contributed by atoms with van der Waals surface area (Å²) >= 11 is 0. The fourth-order valence-electron chi connectivity index (χ4n) is 3.79. The van der Waals surface area contributed by atoms with Gasteiger partial charge in [-0.05, 0) is 38.3 Å². The van der Waals surface area contributed by atoms with Crippen molar-refractivity contribution in [3.63, 3.8) is 0 Å². The van der Waals surface area contributed by atoms with Crippen molar-refractivity contribution < 1.29 is 4.74 Å². The first-order valence-corrected chi connectivity index (χ1v) is 8.24. The molecule has 1 saturated heterocycles. The molecule has 0 aromatic heterocycles. The van der Waals surface area contributed by atoms with E-state index in [0.29, 0.717) is 11.5 Å². The van der Waals surface area contributed by atoms with Crippen LogP contribution in [0.4, 0.5) is 0 Å².